The van der Waals surface area contributed by atoms with Crippen molar-refractivity contribution < 1.29 is 24.2 Å². The van der Waals surface area contributed by atoms with Crippen LogP contribution in [0.2, 0.25) is 0 Å². The molecule has 0 fully saturated rings. The third-order valence-electron chi connectivity index (χ3n) is 8.57. The van der Waals surface area contributed by atoms with Gasteiger partial charge < -0.3 is 7.43 Å². The quantitative estimate of drug-likeness (QED) is 0.170. The minimum atomic E-state index is 0. The largest absolute Gasteiger partial charge is 0.358 e. The first-order chi connectivity index (χ1) is 19.4. The van der Waals surface area contributed by atoms with Gasteiger partial charge in [-0.1, -0.05) is 78.0 Å². The normalized spacial score (nSPS) is 18.7. The van der Waals surface area contributed by atoms with Crippen molar-refractivity contribution in [2.75, 3.05) is 0 Å². The zero-order chi connectivity index (χ0) is 30.1. The van der Waals surface area contributed by atoms with E-state index in [0.717, 1.165) is 6.42 Å². The summed E-state index contributed by atoms with van der Waals surface area (Å²) in [5, 5.41) is 0. The number of hydrogen-bond acceptors (Lipinski definition) is 0. The van der Waals surface area contributed by atoms with E-state index in [1.807, 2.05) is 30.3 Å². The van der Waals surface area contributed by atoms with Crippen LogP contribution in [0.5, 0.6) is 0 Å². The van der Waals surface area contributed by atoms with Crippen molar-refractivity contribution in [1.82, 2.24) is 0 Å². The Morgan fingerprint density at radius 3 is 1.76 bits per heavy atom. The Hall–Kier alpha value is -2.63. The molecule has 4 aliphatic rings. The van der Waals surface area contributed by atoms with Crippen LogP contribution in [-0.4, -0.2) is 4.21 Å². The van der Waals surface area contributed by atoms with E-state index in [0.29, 0.717) is 5.92 Å². The first kappa shape index (κ1) is 33.9. The molecule has 0 radical (unpaired) electrons. The SMILES string of the molecule is CC1=[C-]C(C)(C)c2cc3c(cc21)-c1cc2c(cc1C3)C(C)(C)C=C2C.CC1=[C-]C(C)C=C1C.[CH2]=[Zr].[CH3-].[c-]1ccccc1. The van der Waals surface area contributed by atoms with E-state index < -0.39 is 0 Å². The molecule has 218 valence electrons. The molecule has 1 unspecified atom stereocenters. The molecule has 1 atom stereocenters. The Labute approximate surface area is 271 Å². The Balaban J connectivity index is 0.000000235. The molecule has 4 aliphatic carbocycles. The third-order valence-corrected chi connectivity index (χ3v) is 8.57. The average molecular weight is 630 g/mol. The van der Waals surface area contributed by atoms with E-state index in [1.54, 1.807) is 0 Å². The van der Waals surface area contributed by atoms with Gasteiger partial charge in [-0.2, -0.15) is 48.0 Å². The van der Waals surface area contributed by atoms with Gasteiger partial charge in [-0.15, -0.1) is 18.6 Å². The van der Waals surface area contributed by atoms with Crippen molar-refractivity contribution in [1.29, 1.82) is 0 Å². The Bertz CT molecular complexity index is 1440. The van der Waals surface area contributed by atoms with E-state index in [9.17, 15) is 0 Å². The zero-order valence-corrected chi connectivity index (χ0v) is 29.8. The van der Waals surface area contributed by atoms with Crippen LogP contribution in [0.25, 0.3) is 22.3 Å². The molecule has 3 aromatic rings. The molecule has 0 saturated heterocycles. The van der Waals surface area contributed by atoms with Crippen molar-refractivity contribution in [2.45, 2.75) is 79.6 Å². The molecule has 42 heavy (non-hydrogen) atoms. The van der Waals surface area contributed by atoms with Crippen molar-refractivity contribution in [2.24, 2.45) is 5.92 Å². The van der Waals surface area contributed by atoms with E-state index in [2.05, 4.69) is 121 Å². The van der Waals surface area contributed by atoms with Gasteiger partial charge in [0.25, 0.3) is 0 Å². The van der Waals surface area contributed by atoms with E-state index in [4.69, 9.17) is 0 Å². The summed E-state index contributed by atoms with van der Waals surface area (Å²) in [7, 11) is 0. The van der Waals surface area contributed by atoms with E-state index in [-0.39, 0.29) is 18.3 Å². The molecular weight excluding hydrogens is 584 g/mol. The van der Waals surface area contributed by atoms with Crippen molar-refractivity contribution in [3.8, 4) is 11.1 Å². The summed E-state index contributed by atoms with van der Waals surface area (Å²) in [6.07, 6.45) is 12.7. The van der Waals surface area contributed by atoms with Crippen LogP contribution in [0, 0.1) is 31.6 Å². The predicted molar refractivity (Wildman–Crippen MR) is 181 cm³/mol. The van der Waals surface area contributed by atoms with Crippen LogP contribution < -0.4 is 0 Å². The summed E-state index contributed by atoms with van der Waals surface area (Å²) in [6, 6.07) is 22.3. The van der Waals surface area contributed by atoms with Gasteiger partial charge in [0.2, 0.25) is 0 Å². The zero-order valence-electron chi connectivity index (χ0n) is 27.3. The van der Waals surface area contributed by atoms with Crippen molar-refractivity contribution >= 4 is 15.4 Å². The Morgan fingerprint density at radius 1 is 0.738 bits per heavy atom. The summed E-state index contributed by atoms with van der Waals surface area (Å²) in [4.78, 5) is 0. The molecule has 0 saturated carbocycles. The van der Waals surface area contributed by atoms with Crippen LogP contribution >= 0.6 is 0 Å². The van der Waals surface area contributed by atoms with Gasteiger partial charge in [0.15, 0.2) is 0 Å². The predicted octanol–water partition coefficient (Wildman–Crippen LogP) is 10.7. The Morgan fingerprint density at radius 2 is 1.31 bits per heavy atom. The van der Waals surface area contributed by atoms with Gasteiger partial charge in [0, 0.05) is 5.41 Å². The second kappa shape index (κ2) is 13.3. The summed E-state index contributed by atoms with van der Waals surface area (Å²) in [6.45, 7) is 20.1. The molecule has 0 bridgehead atoms. The molecule has 0 nitrogen and oxygen atoms in total. The van der Waals surface area contributed by atoms with E-state index >= 15 is 0 Å². The first-order valence-electron chi connectivity index (χ1n) is 14.6. The molecule has 7 rings (SSSR count). The molecular formula is C41H46Zr-4. The fourth-order valence-electron chi connectivity index (χ4n) is 6.61. The van der Waals surface area contributed by atoms with Crippen LogP contribution in [0.3, 0.4) is 0 Å². The second-order valence-electron chi connectivity index (χ2n) is 12.7. The molecule has 0 N–H and O–H groups in total. The summed E-state index contributed by atoms with van der Waals surface area (Å²) in [5.41, 5.74) is 17.3. The molecule has 1 heteroatoms. The summed E-state index contributed by atoms with van der Waals surface area (Å²) in [5.74, 6) is 0.551. The van der Waals surface area contributed by atoms with Gasteiger partial charge in [-0.3, -0.25) is 12.2 Å². The molecule has 0 aromatic heterocycles. The van der Waals surface area contributed by atoms with Crippen LogP contribution in [0.4, 0.5) is 0 Å². The van der Waals surface area contributed by atoms with Crippen molar-refractivity contribution in [3.63, 3.8) is 0 Å². The second-order valence-corrected chi connectivity index (χ2v) is 12.7. The monoisotopic (exact) mass is 628 g/mol. The number of rotatable bonds is 0. The number of benzene rings is 3. The molecule has 0 heterocycles. The molecule has 0 amide bonds. The number of fused-ring (bicyclic) bond motifs is 5. The number of allylic oxidation sites excluding steroid dienone is 8. The van der Waals surface area contributed by atoms with E-state index in [1.165, 1.54) is 91.0 Å². The topological polar surface area (TPSA) is 0 Å². The summed E-state index contributed by atoms with van der Waals surface area (Å²) >= 11 is 1.30. The summed E-state index contributed by atoms with van der Waals surface area (Å²) < 4.78 is 3.34. The van der Waals surface area contributed by atoms with Crippen molar-refractivity contribution in [3.05, 3.63) is 137 Å². The number of hydrogen-bond donors (Lipinski definition) is 0. The van der Waals surface area contributed by atoms with Gasteiger partial charge >= 0.3 is 28.4 Å². The smallest absolute Gasteiger partial charge is 0.171 e. The molecule has 0 spiro atoms. The van der Waals surface area contributed by atoms with Gasteiger partial charge in [-0.25, -0.2) is 16.7 Å². The standard InChI is InChI=1S/C25H25.C8H11.C6H5.CH3.CH2.Zr/c1-14-12-24(3,4)22-8-16-7-17-9-23-19(15(2)13-25(23,5)6)11-21(17)20(16)10-18(14)22;1-6-4-7(2)8(3)5-6;1-2-4-6-5-3-1;;;/h8-12H,7H2,1-6H3;4,6H,1-3H3;1-5H;1H3;1H2;/q4*-1;;. The Kier molecular flexibility index (Phi) is 10.8. The van der Waals surface area contributed by atoms with Gasteiger partial charge in [0.1, 0.15) is 0 Å². The fourth-order valence-corrected chi connectivity index (χ4v) is 6.61. The van der Waals surface area contributed by atoms with Crippen LogP contribution in [-0.2, 0) is 41.5 Å². The maximum absolute atomic E-state index is 3.65. The maximum atomic E-state index is 3.65. The third kappa shape index (κ3) is 6.78. The fraction of sp³-hybridized carbons (Fsp3) is 0.317. The molecule has 0 aliphatic heterocycles. The van der Waals surface area contributed by atoms with Crippen LogP contribution in [0.15, 0.2) is 77.9 Å². The average Bonchev–Trinajstić information content (AvgIpc) is 3.58. The minimum Gasteiger partial charge on any atom is -0.358 e. The van der Waals surface area contributed by atoms with Crippen LogP contribution in [0.1, 0.15) is 95.7 Å². The van der Waals surface area contributed by atoms with Gasteiger partial charge in [-0.05, 0) is 58.4 Å². The maximum Gasteiger partial charge on any atom is -0.171 e. The minimum absolute atomic E-state index is 0. The van der Waals surface area contributed by atoms with Gasteiger partial charge in [0.05, 0.1) is 0 Å². The first-order valence-corrected chi connectivity index (χ1v) is 16.3. The molecule has 3 aromatic carbocycles.